The zero-order valence-corrected chi connectivity index (χ0v) is 13.9. The molecule has 0 radical (unpaired) electrons. The Kier molecular flexibility index (Phi) is 6.67. The van der Waals surface area contributed by atoms with Gasteiger partial charge in [-0.1, -0.05) is 39.7 Å². The number of allylic oxidation sites excluding steroid dienone is 1. The Labute approximate surface area is 133 Å². The lowest BCUT2D eigenvalue weighted by molar-refractivity contribution is -0.118. The summed E-state index contributed by atoms with van der Waals surface area (Å²) >= 11 is 5.08. The first-order valence-corrected chi connectivity index (χ1v) is 8.95. The van der Waals surface area contributed by atoms with Gasteiger partial charge in [-0.05, 0) is 43.4 Å². The Bertz CT molecular complexity index is 470. The maximum Gasteiger partial charge on any atom is 0.230 e. The first kappa shape index (κ1) is 15.6. The minimum atomic E-state index is 0.138. The lowest BCUT2D eigenvalue weighted by Crippen LogP contribution is -2.27. The van der Waals surface area contributed by atoms with Gasteiger partial charge in [0.05, 0.1) is 5.75 Å². The molecule has 0 unspecified atom stereocenters. The van der Waals surface area contributed by atoms with Crippen molar-refractivity contribution in [2.45, 2.75) is 31.4 Å². The molecule has 0 atom stereocenters. The van der Waals surface area contributed by atoms with E-state index in [1.807, 2.05) is 12.1 Å². The molecule has 0 heterocycles. The fourth-order valence-electron chi connectivity index (χ4n) is 2.17. The highest BCUT2D eigenvalue weighted by Gasteiger charge is 2.06. The molecule has 2 rings (SSSR count). The van der Waals surface area contributed by atoms with Gasteiger partial charge in [-0.25, -0.2) is 0 Å². The Balaban J connectivity index is 1.62. The summed E-state index contributed by atoms with van der Waals surface area (Å²) in [5, 5.41) is 3.01. The molecular weight excluding hydrogens is 334 g/mol. The van der Waals surface area contributed by atoms with E-state index in [0.717, 1.165) is 23.2 Å². The molecule has 108 valence electrons. The number of rotatable bonds is 6. The third-order valence-corrected chi connectivity index (χ3v) is 4.85. The van der Waals surface area contributed by atoms with E-state index >= 15 is 0 Å². The minimum Gasteiger partial charge on any atom is -0.352 e. The lowest BCUT2D eigenvalue weighted by atomic mass is 10.00. The van der Waals surface area contributed by atoms with E-state index in [0.29, 0.717) is 5.75 Å². The van der Waals surface area contributed by atoms with Gasteiger partial charge < -0.3 is 5.32 Å². The number of halogens is 1. The molecule has 1 aromatic rings. The van der Waals surface area contributed by atoms with Gasteiger partial charge in [-0.15, -0.1) is 11.8 Å². The van der Waals surface area contributed by atoms with Gasteiger partial charge in [0.2, 0.25) is 5.91 Å². The molecule has 20 heavy (non-hydrogen) atoms. The van der Waals surface area contributed by atoms with Crippen molar-refractivity contribution in [3.8, 4) is 0 Å². The van der Waals surface area contributed by atoms with Gasteiger partial charge in [-0.3, -0.25) is 4.79 Å². The third-order valence-electron chi connectivity index (χ3n) is 3.31. The highest BCUT2D eigenvalue weighted by atomic mass is 79.9. The normalized spacial score (nSPS) is 14.8. The second kappa shape index (κ2) is 8.53. The standard InChI is InChI=1S/C16H20BrNOS/c17-15-8-6-14(7-9-15)11-20-12-16(19)18-10-13-4-2-1-3-5-13/h4,6-9H,1-3,5,10-12H2,(H,18,19). The fourth-order valence-corrected chi connectivity index (χ4v) is 3.25. The first-order valence-electron chi connectivity index (χ1n) is 7.01. The zero-order valence-electron chi connectivity index (χ0n) is 11.5. The lowest BCUT2D eigenvalue weighted by Gasteiger charge is -2.13. The summed E-state index contributed by atoms with van der Waals surface area (Å²) in [7, 11) is 0. The van der Waals surface area contributed by atoms with Gasteiger partial charge in [0, 0.05) is 16.8 Å². The van der Waals surface area contributed by atoms with Crippen molar-refractivity contribution in [2.24, 2.45) is 0 Å². The second-order valence-corrected chi connectivity index (χ2v) is 6.91. The van der Waals surface area contributed by atoms with Crippen LogP contribution >= 0.6 is 27.7 Å². The van der Waals surface area contributed by atoms with Crippen LogP contribution in [0.15, 0.2) is 40.4 Å². The molecule has 0 spiro atoms. The molecule has 0 bridgehead atoms. The molecular formula is C16H20BrNOS. The minimum absolute atomic E-state index is 0.138. The predicted octanol–water partition coefficient (Wildman–Crippen LogP) is 4.30. The van der Waals surface area contributed by atoms with E-state index in [1.165, 1.54) is 30.4 Å². The topological polar surface area (TPSA) is 29.1 Å². The molecule has 0 saturated heterocycles. The molecule has 0 fully saturated rings. The SMILES string of the molecule is O=C(CSCc1ccc(Br)cc1)NCC1=CCCCC1. The van der Waals surface area contributed by atoms with Crippen molar-refractivity contribution in [3.63, 3.8) is 0 Å². The van der Waals surface area contributed by atoms with Crippen molar-refractivity contribution in [3.05, 3.63) is 46.0 Å². The predicted molar refractivity (Wildman–Crippen MR) is 89.9 cm³/mol. The third kappa shape index (κ3) is 5.71. The van der Waals surface area contributed by atoms with Crippen molar-refractivity contribution in [2.75, 3.05) is 12.3 Å². The van der Waals surface area contributed by atoms with Crippen LogP contribution < -0.4 is 5.32 Å². The van der Waals surface area contributed by atoms with Crippen LogP contribution in [0.1, 0.15) is 31.2 Å². The summed E-state index contributed by atoms with van der Waals surface area (Å²) in [5.41, 5.74) is 2.64. The molecule has 1 aromatic carbocycles. The molecule has 0 aromatic heterocycles. The number of thioether (sulfide) groups is 1. The van der Waals surface area contributed by atoms with Crippen LogP contribution in [-0.4, -0.2) is 18.2 Å². The van der Waals surface area contributed by atoms with E-state index in [2.05, 4.69) is 39.5 Å². The summed E-state index contributed by atoms with van der Waals surface area (Å²) < 4.78 is 1.09. The monoisotopic (exact) mass is 353 g/mol. The molecule has 4 heteroatoms. The van der Waals surface area contributed by atoms with Crippen LogP contribution in [0.4, 0.5) is 0 Å². The molecule has 0 aliphatic heterocycles. The van der Waals surface area contributed by atoms with Crippen molar-refractivity contribution < 1.29 is 4.79 Å². The fraction of sp³-hybridized carbons (Fsp3) is 0.438. The average molecular weight is 354 g/mol. The molecule has 1 amide bonds. The quantitative estimate of drug-likeness (QED) is 0.772. The zero-order chi connectivity index (χ0) is 14.2. The largest absolute Gasteiger partial charge is 0.352 e. The summed E-state index contributed by atoms with van der Waals surface area (Å²) in [4.78, 5) is 11.8. The smallest absolute Gasteiger partial charge is 0.230 e. The first-order chi connectivity index (χ1) is 9.74. The number of amides is 1. The van der Waals surface area contributed by atoms with Crippen LogP contribution in [0.3, 0.4) is 0 Å². The highest BCUT2D eigenvalue weighted by Crippen LogP contribution is 2.17. The molecule has 1 N–H and O–H groups in total. The van der Waals surface area contributed by atoms with Gasteiger partial charge in [0.15, 0.2) is 0 Å². The van der Waals surface area contributed by atoms with Gasteiger partial charge in [-0.2, -0.15) is 0 Å². The molecule has 0 saturated carbocycles. The van der Waals surface area contributed by atoms with E-state index in [1.54, 1.807) is 11.8 Å². The number of nitrogens with one attached hydrogen (secondary N) is 1. The Morgan fingerprint density at radius 3 is 2.75 bits per heavy atom. The number of carbonyl (C=O) groups excluding carboxylic acids is 1. The number of benzene rings is 1. The Morgan fingerprint density at radius 2 is 2.05 bits per heavy atom. The van der Waals surface area contributed by atoms with Crippen LogP contribution in [0.25, 0.3) is 0 Å². The second-order valence-electron chi connectivity index (χ2n) is 5.00. The van der Waals surface area contributed by atoms with E-state index < -0.39 is 0 Å². The summed E-state index contributed by atoms with van der Waals surface area (Å²) in [6.45, 7) is 0.734. The maximum atomic E-state index is 11.8. The van der Waals surface area contributed by atoms with E-state index in [4.69, 9.17) is 0 Å². The molecule has 1 aliphatic carbocycles. The Hall–Kier alpha value is -0.740. The van der Waals surface area contributed by atoms with E-state index in [-0.39, 0.29) is 5.91 Å². The maximum absolute atomic E-state index is 11.8. The average Bonchev–Trinajstić information content (AvgIpc) is 2.48. The molecule has 1 aliphatic rings. The number of hydrogen-bond donors (Lipinski definition) is 1. The van der Waals surface area contributed by atoms with Crippen LogP contribution in [-0.2, 0) is 10.5 Å². The van der Waals surface area contributed by atoms with E-state index in [9.17, 15) is 4.79 Å². The van der Waals surface area contributed by atoms with Crippen molar-refractivity contribution in [1.82, 2.24) is 5.32 Å². The molecule has 2 nitrogen and oxygen atoms in total. The van der Waals surface area contributed by atoms with Gasteiger partial charge >= 0.3 is 0 Å². The Morgan fingerprint density at radius 1 is 1.25 bits per heavy atom. The number of hydrogen-bond acceptors (Lipinski definition) is 2. The number of carbonyl (C=O) groups is 1. The highest BCUT2D eigenvalue weighted by molar-refractivity contribution is 9.10. The van der Waals surface area contributed by atoms with Crippen molar-refractivity contribution in [1.29, 1.82) is 0 Å². The summed E-state index contributed by atoms with van der Waals surface area (Å²) in [6, 6.07) is 8.24. The van der Waals surface area contributed by atoms with Gasteiger partial charge in [0.25, 0.3) is 0 Å². The van der Waals surface area contributed by atoms with Crippen molar-refractivity contribution >= 4 is 33.6 Å². The van der Waals surface area contributed by atoms with Gasteiger partial charge in [0.1, 0.15) is 0 Å². The summed E-state index contributed by atoms with van der Waals surface area (Å²) in [5.74, 6) is 1.55. The van der Waals surface area contributed by atoms with Crippen LogP contribution in [0.5, 0.6) is 0 Å². The van der Waals surface area contributed by atoms with Crippen LogP contribution in [0.2, 0.25) is 0 Å². The van der Waals surface area contributed by atoms with Crippen LogP contribution in [0, 0.1) is 0 Å². The summed E-state index contributed by atoms with van der Waals surface area (Å²) in [6.07, 6.45) is 7.15.